The first kappa shape index (κ1) is 18.0. The molecule has 0 aliphatic heterocycles. The third-order valence-electron chi connectivity index (χ3n) is 4.62. The molecule has 0 bridgehead atoms. The fraction of sp³-hybridized carbons (Fsp3) is 0.611. The standard InChI is InChI=1S/C18H27NO3S/c1-14-7-3-4-8-16(14)13-15(2)19-18(20)11-12-23(21,22)17-9-5-6-10-17/h3-4,7-8,15,17H,5-6,9-13H2,1-2H3,(H,19,20)/t15-/m0/s1. The van der Waals surface area contributed by atoms with E-state index in [1.54, 1.807) is 0 Å². The Morgan fingerprint density at radius 3 is 2.57 bits per heavy atom. The van der Waals surface area contributed by atoms with Gasteiger partial charge in [0.1, 0.15) is 0 Å². The molecule has 5 heteroatoms. The van der Waals surface area contributed by atoms with Crippen LogP contribution in [0.1, 0.15) is 50.2 Å². The van der Waals surface area contributed by atoms with Crippen LogP contribution < -0.4 is 5.32 Å². The minimum Gasteiger partial charge on any atom is -0.353 e. The molecule has 1 aliphatic carbocycles. The molecule has 0 aromatic heterocycles. The minimum absolute atomic E-state index is 0.00205. The number of benzene rings is 1. The Labute approximate surface area is 139 Å². The zero-order valence-electron chi connectivity index (χ0n) is 14.0. The van der Waals surface area contributed by atoms with Crippen LogP contribution in [-0.2, 0) is 21.1 Å². The van der Waals surface area contributed by atoms with Crippen molar-refractivity contribution in [3.05, 3.63) is 35.4 Å². The summed E-state index contributed by atoms with van der Waals surface area (Å²) in [5.74, 6) is -0.201. The highest BCUT2D eigenvalue weighted by atomic mass is 32.2. The van der Waals surface area contributed by atoms with E-state index in [9.17, 15) is 13.2 Å². The van der Waals surface area contributed by atoms with E-state index in [4.69, 9.17) is 0 Å². The van der Waals surface area contributed by atoms with Crippen molar-refractivity contribution in [2.24, 2.45) is 0 Å². The van der Waals surface area contributed by atoms with Crippen LogP contribution in [-0.4, -0.2) is 31.4 Å². The van der Waals surface area contributed by atoms with Crippen molar-refractivity contribution in [1.29, 1.82) is 0 Å². The second-order valence-corrected chi connectivity index (χ2v) is 9.02. The van der Waals surface area contributed by atoms with E-state index in [-0.39, 0.29) is 29.4 Å². The summed E-state index contributed by atoms with van der Waals surface area (Å²) in [6.45, 7) is 4.01. The molecule has 1 atom stereocenters. The zero-order chi connectivity index (χ0) is 16.9. The molecule has 0 saturated heterocycles. The largest absolute Gasteiger partial charge is 0.353 e. The van der Waals surface area contributed by atoms with E-state index < -0.39 is 9.84 Å². The average Bonchev–Trinajstić information content (AvgIpc) is 3.03. The van der Waals surface area contributed by atoms with Crippen molar-refractivity contribution in [2.75, 3.05) is 5.75 Å². The van der Waals surface area contributed by atoms with Crippen molar-refractivity contribution >= 4 is 15.7 Å². The Kier molecular flexibility index (Phi) is 6.22. The van der Waals surface area contributed by atoms with Gasteiger partial charge in [0, 0.05) is 12.5 Å². The van der Waals surface area contributed by atoms with Crippen LogP contribution >= 0.6 is 0 Å². The topological polar surface area (TPSA) is 63.2 Å². The van der Waals surface area contributed by atoms with Gasteiger partial charge in [-0.1, -0.05) is 37.1 Å². The molecule has 4 nitrogen and oxygen atoms in total. The summed E-state index contributed by atoms with van der Waals surface area (Å²) in [5, 5.41) is 2.69. The molecule has 23 heavy (non-hydrogen) atoms. The summed E-state index contributed by atoms with van der Waals surface area (Å²) >= 11 is 0. The molecule has 0 heterocycles. The quantitative estimate of drug-likeness (QED) is 0.832. The molecule has 128 valence electrons. The third-order valence-corrected chi connectivity index (χ3v) is 6.88. The lowest BCUT2D eigenvalue weighted by Crippen LogP contribution is -2.35. The molecule has 1 aromatic carbocycles. The third kappa shape index (κ3) is 5.34. The van der Waals surface area contributed by atoms with Crippen LogP contribution in [0.15, 0.2) is 24.3 Å². The molecular weight excluding hydrogens is 310 g/mol. The van der Waals surface area contributed by atoms with Crippen LogP contribution in [0, 0.1) is 6.92 Å². The highest BCUT2D eigenvalue weighted by Gasteiger charge is 2.28. The normalized spacial score (nSPS) is 17.1. The average molecular weight is 337 g/mol. The van der Waals surface area contributed by atoms with Crippen LogP contribution in [0.25, 0.3) is 0 Å². The van der Waals surface area contributed by atoms with E-state index in [1.807, 2.05) is 19.1 Å². The van der Waals surface area contributed by atoms with Gasteiger partial charge in [0.15, 0.2) is 9.84 Å². The van der Waals surface area contributed by atoms with Crippen molar-refractivity contribution < 1.29 is 13.2 Å². The number of rotatable bonds is 7. The summed E-state index contributed by atoms with van der Waals surface area (Å²) in [7, 11) is -3.12. The predicted molar refractivity (Wildman–Crippen MR) is 93.1 cm³/mol. The fourth-order valence-electron chi connectivity index (χ4n) is 3.22. The second kappa shape index (κ2) is 7.95. The van der Waals surface area contributed by atoms with Gasteiger partial charge in [-0.15, -0.1) is 0 Å². The molecular formula is C18H27NO3S. The lowest BCUT2D eigenvalue weighted by atomic mass is 10.0. The maximum absolute atomic E-state index is 12.2. The maximum Gasteiger partial charge on any atom is 0.221 e. The molecule has 1 aliphatic rings. The predicted octanol–water partition coefficient (Wildman–Crippen LogP) is 2.79. The Balaban J connectivity index is 1.79. The van der Waals surface area contributed by atoms with Crippen molar-refractivity contribution in [3.8, 4) is 0 Å². The molecule has 1 saturated carbocycles. The lowest BCUT2D eigenvalue weighted by Gasteiger charge is -2.16. The minimum atomic E-state index is -3.12. The summed E-state index contributed by atoms with van der Waals surface area (Å²) in [5.41, 5.74) is 2.41. The first-order valence-electron chi connectivity index (χ1n) is 8.44. The highest BCUT2D eigenvalue weighted by molar-refractivity contribution is 7.92. The van der Waals surface area contributed by atoms with E-state index in [1.165, 1.54) is 11.1 Å². The van der Waals surface area contributed by atoms with E-state index in [2.05, 4.69) is 24.4 Å². The van der Waals surface area contributed by atoms with Crippen LogP contribution in [0.2, 0.25) is 0 Å². The SMILES string of the molecule is Cc1ccccc1C[C@H](C)NC(=O)CCS(=O)(=O)C1CCCC1. The van der Waals surface area contributed by atoms with Gasteiger partial charge in [-0.05, 0) is 44.2 Å². The Bertz CT molecular complexity index is 633. The lowest BCUT2D eigenvalue weighted by molar-refractivity contribution is -0.121. The van der Waals surface area contributed by atoms with Crippen LogP contribution in [0.4, 0.5) is 0 Å². The summed E-state index contributed by atoms with van der Waals surface area (Å²) in [6, 6.07) is 8.10. The Morgan fingerprint density at radius 2 is 1.91 bits per heavy atom. The first-order chi connectivity index (χ1) is 10.9. The second-order valence-electron chi connectivity index (χ2n) is 6.62. The van der Waals surface area contributed by atoms with Gasteiger partial charge in [0.25, 0.3) is 0 Å². The molecule has 1 N–H and O–H groups in total. The van der Waals surface area contributed by atoms with E-state index in [0.29, 0.717) is 0 Å². The fourth-order valence-corrected chi connectivity index (χ4v) is 5.07. The molecule has 0 unspecified atom stereocenters. The molecule has 1 fully saturated rings. The molecule has 0 radical (unpaired) electrons. The number of carbonyl (C=O) groups is 1. The molecule has 0 spiro atoms. The zero-order valence-corrected chi connectivity index (χ0v) is 14.9. The van der Waals surface area contributed by atoms with Gasteiger partial charge in [-0.2, -0.15) is 0 Å². The number of aryl methyl sites for hydroxylation is 1. The molecule has 2 rings (SSSR count). The number of carbonyl (C=O) groups excluding carboxylic acids is 1. The van der Waals surface area contributed by atoms with E-state index in [0.717, 1.165) is 32.1 Å². The van der Waals surface area contributed by atoms with E-state index >= 15 is 0 Å². The summed E-state index contributed by atoms with van der Waals surface area (Å²) in [6.07, 6.45) is 4.32. The van der Waals surface area contributed by atoms with Gasteiger partial charge in [-0.3, -0.25) is 4.79 Å². The van der Waals surface area contributed by atoms with Crippen LogP contribution in [0.5, 0.6) is 0 Å². The maximum atomic E-state index is 12.2. The Hall–Kier alpha value is -1.36. The van der Waals surface area contributed by atoms with Crippen LogP contribution in [0.3, 0.4) is 0 Å². The molecule has 1 amide bonds. The summed E-state index contributed by atoms with van der Waals surface area (Å²) in [4.78, 5) is 12.0. The summed E-state index contributed by atoms with van der Waals surface area (Å²) < 4.78 is 24.4. The smallest absolute Gasteiger partial charge is 0.221 e. The Morgan fingerprint density at radius 1 is 1.26 bits per heavy atom. The van der Waals surface area contributed by atoms with Crippen molar-refractivity contribution in [1.82, 2.24) is 5.32 Å². The number of hydrogen-bond donors (Lipinski definition) is 1. The van der Waals surface area contributed by atoms with Crippen molar-refractivity contribution in [2.45, 2.75) is 63.7 Å². The number of nitrogens with one attached hydrogen (secondary N) is 1. The van der Waals surface area contributed by atoms with Gasteiger partial charge < -0.3 is 5.32 Å². The highest BCUT2D eigenvalue weighted by Crippen LogP contribution is 2.25. The number of hydrogen-bond acceptors (Lipinski definition) is 3. The first-order valence-corrected chi connectivity index (χ1v) is 10.2. The van der Waals surface area contributed by atoms with Gasteiger partial charge in [-0.25, -0.2) is 8.42 Å². The molecule has 1 aromatic rings. The van der Waals surface area contributed by atoms with Gasteiger partial charge >= 0.3 is 0 Å². The number of amides is 1. The van der Waals surface area contributed by atoms with Crippen molar-refractivity contribution in [3.63, 3.8) is 0 Å². The monoisotopic (exact) mass is 337 g/mol. The van der Waals surface area contributed by atoms with Gasteiger partial charge in [0.05, 0.1) is 11.0 Å². The van der Waals surface area contributed by atoms with Gasteiger partial charge in [0.2, 0.25) is 5.91 Å². The number of sulfone groups is 1.